The van der Waals surface area contributed by atoms with Crippen LogP contribution < -0.4 is 4.74 Å². The molecule has 0 spiro atoms. The van der Waals surface area contributed by atoms with Gasteiger partial charge in [0.15, 0.2) is 5.82 Å². The number of alkyl halides is 1. The van der Waals surface area contributed by atoms with Crippen LogP contribution in [0.25, 0.3) is 0 Å². The van der Waals surface area contributed by atoms with Crippen LogP contribution in [-0.4, -0.2) is 11.8 Å². The minimum atomic E-state index is -1.32. The number of nitro benzene ring substituents is 1. The maximum absolute atomic E-state index is 13.0. The van der Waals surface area contributed by atoms with Gasteiger partial charge in [0.2, 0.25) is 12.6 Å². The third-order valence-electron chi connectivity index (χ3n) is 1.38. The van der Waals surface area contributed by atoms with E-state index >= 15 is 0 Å². The highest BCUT2D eigenvalue weighted by Crippen LogP contribution is 2.33. The van der Waals surface area contributed by atoms with Crippen molar-refractivity contribution in [3.8, 4) is 5.75 Å². The average molecular weight is 268 g/mol. The topological polar surface area (TPSA) is 52.4 Å². The fourth-order valence-corrected chi connectivity index (χ4v) is 1.30. The minimum absolute atomic E-state index is 0.188. The maximum atomic E-state index is 13.0. The molecule has 0 aliphatic heterocycles. The van der Waals surface area contributed by atoms with Gasteiger partial charge in [-0.1, -0.05) is 15.9 Å². The zero-order valence-corrected chi connectivity index (χ0v) is 8.25. The number of rotatable bonds is 3. The van der Waals surface area contributed by atoms with Gasteiger partial charge in [0.1, 0.15) is 0 Å². The molecule has 7 heteroatoms. The number of halogens is 3. The summed E-state index contributed by atoms with van der Waals surface area (Å²) in [5.74, 6) is -1.68. The van der Waals surface area contributed by atoms with Crippen LogP contribution >= 0.6 is 15.9 Å². The fraction of sp³-hybridized carbons (Fsp3) is 0.143. The molecule has 0 unspecified atom stereocenters. The molecule has 0 aromatic heterocycles. The summed E-state index contributed by atoms with van der Waals surface area (Å²) in [5.41, 5.74) is -0.616. The highest BCUT2D eigenvalue weighted by Gasteiger charge is 2.21. The normalized spacial score (nSPS) is 9.93. The Morgan fingerprint density at radius 1 is 1.57 bits per heavy atom. The van der Waals surface area contributed by atoms with Gasteiger partial charge in [-0.25, -0.2) is 8.78 Å². The van der Waals surface area contributed by atoms with Crippen molar-refractivity contribution < 1.29 is 18.4 Å². The van der Waals surface area contributed by atoms with E-state index in [-0.39, 0.29) is 4.47 Å². The number of hydrogen-bond acceptors (Lipinski definition) is 3. The minimum Gasteiger partial charge on any atom is -0.453 e. The lowest BCUT2D eigenvalue weighted by Gasteiger charge is -2.03. The molecule has 76 valence electrons. The molecule has 0 radical (unpaired) electrons. The molecule has 0 heterocycles. The van der Waals surface area contributed by atoms with Crippen molar-refractivity contribution in [3.63, 3.8) is 0 Å². The van der Waals surface area contributed by atoms with Crippen LogP contribution in [0, 0.1) is 15.9 Å². The highest BCUT2D eigenvalue weighted by atomic mass is 79.9. The number of hydrogen-bond donors (Lipinski definition) is 0. The van der Waals surface area contributed by atoms with Crippen LogP contribution in [0.5, 0.6) is 5.75 Å². The fourth-order valence-electron chi connectivity index (χ4n) is 0.880. The number of benzene rings is 1. The highest BCUT2D eigenvalue weighted by molar-refractivity contribution is 9.10. The van der Waals surface area contributed by atoms with Gasteiger partial charge in [0, 0.05) is 10.5 Å². The van der Waals surface area contributed by atoms with Gasteiger partial charge in [0.05, 0.1) is 4.92 Å². The van der Waals surface area contributed by atoms with Gasteiger partial charge in [-0.15, -0.1) is 0 Å². The average Bonchev–Trinajstić information content (AvgIpc) is 2.09. The van der Waals surface area contributed by atoms with Gasteiger partial charge in [0.25, 0.3) is 0 Å². The Kier molecular flexibility index (Phi) is 3.34. The largest absolute Gasteiger partial charge is 0.453 e. The molecule has 1 aromatic carbocycles. The van der Waals surface area contributed by atoms with E-state index in [1.165, 1.54) is 0 Å². The van der Waals surface area contributed by atoms with Crippen molar-refractivity contribution >= 4 is 21.6 Å². The van der Waals surface area contributed by atoms with Crippen LogP contribution in [0.2, 0.25) is 0 Å². The SMILES string of the molecule is O=[N+]([O-])c1cc(Br)cc(F)c1OCF. The van der Waals surface area contributed by atoms with Crippen LogP contribution in [0.1, 0.15) is 0 Å². The Hall–Kier alpha value is -1.24. The van der Waals surface area contributed by atoms with Crippen molar-refractivity contribution in [1.82, 2.24) is 0 Å². The molecule has 0 bridgehead atoms. The Labute approximate surface area is 85.8 Å². The van der Waals surface area contributed by atoms with Gasteiger partial charge in [-0.3, -0.25) is 10.1 Å². The van der Waals surface area contributed by atoms with Crippen molar-refractivity contribution in [2.75, 3.05) is 6.86 Å². The molecule has 0 aliphatic rings. The van der Waals surface area contributed by atoms with E-state index in [9.17, 15) is 18.9 Å². The lowest BCUT2D eigenvalue weighted by atomic mass is 10.3. The van der Waals surface area contributed by atoms with E-state index in [0.717, 1.165) is 12.1 Å². The first kappa shape index (κ1) is 10.8. The van der Waals surface area contributed by atoms with Crippen LogP contribution in [0.15, 0.2) is 16.6 Å². The molecular formula is C7H4BrF2NO3. The van der Waals surface area contributed by atoms with E-state index in [0.29, 0.717) is 0 Å². The summed E-state index contributed by atoms with van der Waals surface area (Å²) in [6.45, 7) is -1.32. The third-order valence-corrected chi connectivity index (χ3v) is 1.84. The summed E-state index contributed by atoms with van der Waals surface area (Å²) >= 11 is 2.87. The molecule has 0 atom stereocenters. The zero-order valence-electron chi connectivity index (χ0n) is 6.67. The second kappa shape index (κ2) is 4.32. The summed E-state index contributed by atoms with van der Waals surface area (Å²) in [5, 5.41) is 10.4. The molecule has 4 nitrogen and oxygen atoms in total. The molecule has 1 aromatic rings. The first-order chi connectivity index (χ1) is 6.56. The van der Waals surface area contributed by atoms with Crippen molar-refractivity contribution in [2.24, 2.45) is 0 Å². The number of nitro groups is 1. The first-order valence-corrected chi connectivity index (χ1v) is 4.17. The third kappa shape index (κ3) is 2.16. The molecule has 0 amide bonds. The lowest BCUT2D eigenvalue weighted by Crippen LogP contribution is -1.99. The number of nitrogens with zero attached hydrogens (tertiary/aromatic N) is 1. The van der Waals surface area contributed by atoms with E-state index < -0.39 is 29.0 Å². The summed E-state index contributed by atoms with van der Waals surface area (Å²) in [6.07, 6.45) is 0. The predicted octanol–water partition coefficient (Wildman–Crippen LogP) is 2.80. The molecule has 1 rings (SSSR count). The van der Waals surface area contributed by atoms with Crippen molar-refractivity contribution in [3.05, 3.63) is 32.5 Å². The lowest BCUT2D eigenvalue weighted by molar-refractivity contribution is -0.386. The molecule has 0 fully saturated rings. The second-order valence-electron chi connectivity index (χ2n) is 2.25. The summed E-state index contributed by atoms with van der Waals surface area (Å²) < 4.78 is 29.2. The molecular weight excluding hydrogens is 264 g/mol. The first-order valence-electron chi connectivity index (χ1n) is 3.38. The van der Waals surface area contributed by atoms with Gasteiger partial charge in [-0.2, -0.15) is 0 Å². The standard InChI is InChI=1S/C7H4BrF2NO3/c8-4-1-5(10)7(14-3-9)6(2-4)11(12)13/h1-2H,3H2. The summed E-state index contributed by atoms with van der Waals surface area (Å²) in [7, 11) is 0. The molecule has 0 saturated carbocycles. The molecule has 0 saturated heterocycles. The Morgan fingerprint density at radius 2 is 2.21 bits per heavy atom. The Bertz CT molecular complexity index is 372. The maximum Gasteiger partial charge on any atom is 0.315 e. The van der Waals surface area contributed by atoms with Crippen LogP contribution in [0.4, 0.5) is 14.5 Å². The van der Waals surface area contributed by atoms with E-state index in [1.807, 2.05) is 0 Å². The molecule has 0 aliphatic carbocycles. The van der Waals surface area contributed by atoms with Crippen LogP contribution in [0.3, 0.4) is 0 Å². The Balaban J connectivity index is 3.28. The smallest absolute Gasteiger partial charge is 0.315 e. The van der Waals surface area contributed by atoms with E-state index in [1.54, 1.807) is 0 Å². The van der Waals surface area contributed by atoms with Crippen LogP contribution in [-0.2, 0) is 0 Å². The van der Waals surface area contributed by atoms with Gasteiger partial charge in [-0.05, 0) is 6.07 Å². The second-order valence-corrected chi connectivity index (χ2v) is 3.16. The summed E-state index contributed by atoms with van der Waals surface area (Å²) in [6, 6.07) is 1.99. The molecule has 0 N–H and O–H groups in total. The Morgan fingerprint density at radius 3 is 2.71 bits per heavy atom. The van der Waals surface area contributed by atoms with Crippen molar-refractivity contribution in [2.45, 2.75) is 0 Å². The van der Waals surface area contributed by atoms with Gasteiger partial charge < -0.3 is 4.74 Å². The quantitative estimate of drug-likeness (QED) is 0.625. The zero-order chi connectivity index (χ0) is 10.7. The van der Waals surface area contributed by atoms with Crippen molar-refractivity contribution in [1.29, 1.82) is 0 Å². The summed E-state index contributed by atoms with van der Waals surface area (Å²) in [4.78, 5) is 9.57. The van der Waals surface area contributed by atoms with E-state index in [4.69, 9.17) is 0 Å². The number of ether oxygens (including phenoxy) is 1. The monoisotopic (exact) mass is 267 g/mol. The van der Waals surface area contributed by atoms with E-state index in [2.05, 4.69) is 20.7 Å². The van der Waals surface area contributed by atoms with Gasteiger partial charge >= 0.3 is 5.69 Å². The predicted molar refractivity (Wildman–Crippen MR) is 47.4 cm³/mol. The molecule has 14 heavy (non-hydrogen) atoms.